The molecule has 0 unspecified atom stereocenters. The number of hydrogen-bond acceptors (Lipinski definition) is 6. The van der Waals surface area contributed by atoms with Gasteiger partial charge in [-0.3, -0.25) is 4.79 Å². The van der Waals surface area contributed by atoms with Crippen LogP contribution in [0.1, 0.15) is 44.8 Å². The Morgan fingerprint density at radius 1 is 1.03 bits per heavy atom. The number of aromatic nitrogens is 2. The van der Waals surface area contributed by atoms with Gasteiger partial charge < -0.3 is 19.3 Å². The zero-order valence-corrected chi connectivity index (χ0v) is 16.8. The Kier molecular flexibility index (Phi) is 6.84. The SMILES string of the molecule is CCOc1ccc(Oc2ccc(NC(=O)CCc3nc(C(C)C)no3)cc2)cc1. The molecule has 0 radical (unpaired) electrons. The number of hydrogen-bond donors (Lipinski definition) is 1. The van der Waals surface area contributed by atoms with Gasteiger partial charge in [-0.1, -0.05) is 19.0 Å². The predicted molar refractivity (Wildman–Crippen MR) is 109 cm³/mol. The fourth-order valence-corrected chi connectivity index (χ4v) is 2.56. The van der Waals surface area contributed by atoms with Crippen molar-refractivity contribution in [2.24, 2.45) is 0 Å². The van der Waals surface area contributed by atoms with E-state index in [2.05, 4.69) is 15.5 Å². The van der Waals surface area contributed by atoms with Crippen LogP contribution in [0.15, 0.2) is 53.1 Å². The van der Waals surface area contributed by atoms with Crippen molar-refractivity contribution in [3.63, 3.8) is 0 Å². The first-order chi connectivity index (χ1) is 14.0. The van der Waals surface area contributed by atoms with E-state index in [1.54, 1.807) is 24.3 Å². The van der Waals surface area contributed by atoms with E-state index in [0.717, 1.165) is 5.75 Å². The largest absolute Gasteiger partial charge is 0.494 e. The fraction of sp³-hybridized carbons (Fsp3) is 0.318. The number of aryl methyl sites for hydroxylation is 1. The van der Waals surface area contributed by atoms with Gasteiger partial charge in [0.15, 0.2) is 5.82 Å². The molecule has 3 rings (SSSR count). The molecule has 0 aliphatic carbocycles. The molecule has 0 saturated heterocycles. The first-order valence-corrected chi connectivity index (χ1v) is 9.66. The molecule has 152 valence electrons. The van der Waals surface area contributed by atoms with E-state index < -0.39 is 0 Å². The maximum absolute atomic E-state index is 12.1. The molecule has 1 amide bonds. The van der Waals surface area contributed by atoms with Gasteiger partial charge in [0.25, 0.3) is 0 Å². The first kappa shape index (κ1) is 20.4. The van der Waals surface area contributed by atoms with Crippen LogP contribution in [-0.2, 0) is 11.2 Å². The van der Waals surface area contributed by atoms with Crippen molar-refractivity contribution in [2.75, 3.05) is 11.9 Å². The zero-order chi connectivity index (χ0) is 20.6. The van der Waals surface area contributed by atoms with E-state index in [9.17, 15) is 4.79 Å². The summed E-state index contributed by atoms with van der Waals surface area (Å²) < 4.78 is 16.4. The molecule has 1 heterocycles. The van der Waals surface area contributed by atoms with Crippen LogP contribution in [0.25, 0.3) is 0 Å². The number of benzene rings is 2. The predicted octanol–water partition coefficient (Wildman–Crippen LogP) is 4.96. The van der Waals surface area contributed by atoms with Gasteiger partial charge >= 0.3 is 0 Å². The molecule has 0 spiro atoms. The molecule has 2 aromatic carbocycles. The standard InChI is InChI=1S/C22H25N3O4/c1-4-27-17-9-11-19(12-10-17)28-18-7-5-16(6-8-18)23-20(26)13-14-21-24-22(15(2)3)25-29-21/h5-12,15H,4,13-14H2,1-3H3,(H,23,26). The summed E-state index contributed by atoms with van der Waals surface area (Å²) in [5, 5.41) is 6.75. The Labute approximate surface area is 170 Å². The lowest BCUT2D eigenvalue weighted by Gasteiger charge is -2.09. The Hall–Kier alpha value is -3.35. The lowest BCUT2D eigenvalue weighted by Crippen LogP contribution is -2.12. The van der Waals surface area contributed by atoms with Crippen LogP contribution in [-0.4, -0.2) is 22.7 Å². The second-order valence-electron chi connectivity index (χ2n) is 6.78. The normalized spacial score (nSPS) is 10.8. The monoisotopic (exact) mass is 395 g/mol. The summed E-state index contributed by atoms with van der Waals surface area (Å²) in [6.07, 6.45) is 0.675. The number of nitrogens with one attached hydrogen (secondary N) is 1. The van der Waals surface area contributed by atoms with Crippen molar-refractivity contribution in [2.45, 2.75) is 39.5 Å². The van der Waals surface area contributed by atoms with Gasteiger partial charge in [0, 0.05) is 24.4 Å². The van der Waals surface area contributed by atoms with Gasteiger partial charge in [-0.05, 0) is 55.5 Å². The van der Waals surface area contributed by atoms with Gasteiger partial charge in [-0.2, -0.15) is 4.98 Å². The van der Waals surface area contributed by atoms with Crippen LogP contribution < -0.4 is 14.8 Å². The van der Waals surface area contributed by atoms with E-state index in [1.165, 1.54) is 0 Å². The van der Waals surface area contributed by atoms with Gasteiger partial charge in [-0.15, -0.1) is 0 Å². The number of carbonyl (C=O) groups excluding carboxylic acids is 1. The average Bonchev–Trinajstić information content (AvgIpc) is 3.19. The molecule has 7 nitrogen and oxygen atoms in total. The molecule has 1 N–H and O–H groups in total. The van der Waals surface area contributed by atoms with Crippen LogP contribution >= 0.6 is 0 Å². The molecule has 3 aromatic rings. The molecule has 0 aliphatic heterocycles. The topological polar surface area (TPSA) is 86.5 Å². The Morgan fingerprint density at radius 3 is 2.24 bits per heavy atom. The summed E-state index contributed by atoms with van der Waals surface area (Å²) in [6, 6.07) is 14.6. The number of amides is 1. The summed E-state index contributed by atoms with van der Waals surface area (Å²) in [5.74, 6) is 3.41. The van der Waals surface area contributed by atoms with Gasteiger partial charge in [0.1, 0.15) is 17.2 Å². The summed E-state index contributed by atoms with van der Waals surface area (Å²) >= 11 is 0. The van der Waals surface area contributed by atoms with E-state index >= 15 is 0 Å². The maximum Gasteiger partial charge on any atom is 0.227 e. The highest BCUT2D eigenvalue weighted by Gasteiger charge is 2.11. The van der Waals surface area contributed by atoms with E-state index in [0.29, 0.717) is 41.9 Å². The third-order valence-corrected chi connectivity index (χ3v) is 4.07. The van der Waals surface area contributed by atoms with Gasteiger partial charge in [0.05, 0.1) is 6.61 Å². The molecule has 0 saturated carbocycles. The summed E-state index contributed by atoms with van der Waals surface area (Å²) in [7, 11) is 0. The Balaban J connectivity index is 1.48. The highest BCUT2D eigenvalue weighted by molar-refractivity contribution is 5.90. The summed E-state index contributed by atoms with van der Waals surface area (Å²) in [4.78, 5) is 16.4. The highest BCUT2D eigenvalue weighted by atomic mass is 16.5. The van der Waals surface area contributed by atoms with E-state index in [4.69, 9.17) is 14.0 Å². The minimum absolute atomic E-state index is 0.116. The fourth-order valence-electron chi connectivity index (χ4n) is 2.56. The molecular formula is C22H25N3O4. The summed E-state index contributed by atoms with van der Waals surface area (Å²) in [6.45, 7) is 6.55. The van der Waals surface area contributed by atoms with E-state index in [-0.39, 0.29) is 18.2 Å². The molecule has 0 aliphatic rings. The Bertz CT molecular complexity index is 918. The van der Waals surface area contributed by atoms with Crippen LogP contribution in [0.3, 0.4) is 0 Å². The highest BCUT2D eigenvalue weighted by Crippen LogP contribution is 2.25. The molecule has 29 heavy (non-hydrogen) atoms. The summed E-state index contributed by atoms with van der Waals surface area (Å²) in [5.41, 5.74) is 0.697. The lowest BCUT2D eigenvalue weighted by atomic mass is 10.2. The van der Waals surface area contributed by atoms with Gasteiger partial charge in [-0.25, -0.2) is 0 Å². The molecule has 7 heteroatoms. The average molecular weight is 395 g/mol. The number of anilines is 1. The van der Waals surface area contributed by atoms with Crippen LogP contribution in [0, 0.1) is 0 Å². The third kappa shape index (κ3) is 6.07. The number of carbonyl (C=O) groups is 1. The number of ether oxygens (including phenoxy) is 2. The minimum Gasteiger partial charge on any atom is -0.494 e. The molecule has 0 fully saturated rings. The lowest BCUT2D eigenvalue weighted by molar-refractivity contribution is -0.116. The minimum atomic E-state index is -0.116. The van der Waals surface area contributed by atoms with Crippen molar-refractivity contribution in [3.8, 4) is 17.2 Å². The molecule has 0 atom stereocenters. The van der Waals surface area contributed by atoms with Crippen LogP contribution in [0.4, 0.5) is 5.69 Å². The zero-order valence-electron chi connectivity index (χ0n) is 16.8. The molecular weight excluding hydrogens is 370 g/mol. The van der Waals surface area contributed by atoms with Crippen molar-refractivity contribution in [1.29, 1.82) is 0 Å². The van der Waals surface area contributed by atoms with Crippen LogP contribution in [0.5, 0.6) is 17.2 Å². The van der Waals surface area contributed by atoms with Crippen molar-refractivity contribution < 1.29 is 18.8 Å². The quantitative estimate of drug-likeness (QED) is 0.551. The molecule has 1 aromatic heterocycles. The van der Waals surface area contributed by atoms with Crippen LogP contribution in [0.2, 0.25) is 0 Å². The van der Waals surface area contributed by atoms with Crippen molar-refractivity contribution >= 4 is 11.6 Å². The second kappa shape index (κ2) is 9.73. The molecule has 0 bridgehead atoms. The van der Waals surface area contributed by atoms with Crippen molar-refractivity contribution in [3.05, 3.63) is 60.2 Å². The maximum atomic E-state index is 12.1. The third-order valence-electron chi connectivity index (χ3n) is 4.07. The number of nitrogens with zero attached hydrogens (tertiary/aromatic N) is 2. The van der Waals surface area contributed by atoms with E-state index in [1.807, 2.05) is 45.0 Å². The first-order valence-electron chi connectivity index (χ1n) is 9.66. The smallest absolute Gasteiger partial charge is 0.227 e. The van der Waals surface area contributed by atoms with Gasteiger partial charge in [0.2, 0.25) is 11.8 Å². The van der Waals surface area contributed by atoms with Crippen molar-refractivity contribution in [1.82, 2.24) is 10.1 Å². The number of rotatable bonds is 9. The second-order valence-corrected chi connectivity index (χ2v) is 6.78. The Morgan fingerprint density at radius 2 is 1.66 bits per heavy atom.